The molecule has 108 valence electrons. The highest BCUT2D eigenvalue weighted by molar-refractivity contribution is 5.81. The summed E-state index contributed by atoms with van der Waals surface area (Å²) in [6.45, 7) is 2.61. The Morgan fingerprint density at radius 2 is 2.30 bits per heavy atom. The zero-order valence-corrected chi connectivity index (χ0v) is 11.7. The standard InChI is InChI=1S/C14H21N5O/c1-2-3-6-11(15)14(20)16-9-8-13-18-17-12-7-4-5-10-19(12)13/h4-5,7,10-11H,2-3,6,8-9,15H2,1H3,(H,16,20)/t11-/m0/s1. The Hall–Kier alpha value is -1.95. The predicted octanol–water partition coefficient (Wildman–Crippen LogP) is 0.905. The summed E-state index contributed by atoms with van der Waals surface area (Å²) in [7, 11) is 0. The summed E-state index contributed by atoms with van der Waals surface area (Å²) in [4.78, 5) is 11.8. The van der Waals surface area contributed by atoms with E-state index in [1.807, 2.05) is 28.8 Å². The van der Waals surface area contributed by atoms with Gasteiger partial charge >= 0.3 is 0 Å². The van der Waals surface area contributed by atoms with Crippen LogP contribution in [-0.4, -0.2) is 33.1 Å². The van der Waals surface area contributed by atoms with Crippen LogP contribution >= 0.6 is 0 Å². The van der Waals surface area contributed by atoms with Crippen LogP contribution in [0.15, 0.2) is 24.4 Å². The van der Waals surface area contributed by atoms with Crippen LogP contribution in [0.25, 0.3) is 5.65 Å². The van der Waals surface area contributed by atoms with Crippen molar-refractivity contribution in [2.45, 2.75) is 38.6 Å². The molecular formula is C14H21N5O. The van der Waals surface area contributed by atoms with Crippen molar-refractivity contribution in [1.29, 1.82) is 0 Å². The quantitative estimate of drug-likeness (QED) is 0.786. The summed E-state index contributed by atoms with van der Waals surface area (Å²) >= 11 is 0. The fraction of sp³-hybridized carbons (Fsp3) is 0.500. The van der Waals surface area contributed by atoms with E-state index in [9.17, 15) is 4.79 Å². The van der Waals surface area contributed by atoms with Crippen molar-refractivity contribution in [3.8, 4) is 0 Å². The van der Waals surface area contributed by atoms with Gasteiger partial charge in [-0.05, 0) is 18.6 Å². The van der Waals surface area contributed by atoms with E-state index in [1.165, 1.54) is 0 Å². The summed E-state index contributed by atoms with van der Waals surface area (Å²) in [5.74, 6) is 0.746. The molecule has 20 heavy (non-hydrogen) atoms. The SMILES string of the molecule is CCCC[C@H](N)C(=O)NCCc1nnc2ccccn12. The van der Waals surface area contributed by atoms with Gasteiger partial charge in [0.05, 0.1) is 6.04 Å². The van der Waals surface area contributed by atoms with E-state index in [-0.39, 0.29) is 5.91 Å². The Morgan fingerprint density at radius 3 is 3.10 bits per heavy atom. The number of carbonyl (C=O) groups excluding carboxylic acids is 1. The van der Waals surface area contributed by atoms with Crippen molar-refractivity contribution in [3.63, 3.8) is 0 Å². The number of amides is 1. The number of hydrogen-bond donors (Lipinski definition) is 2. The second-order valence-corrected chi connectivity index (χ2v) is 4.83. The van der Waals surface area contributed by atoms with E-state index in [4.69, 9.17) is 5.73 Å². The van der Waals surface area contributed by atoms with Crippen molar-refractivity contribution >= 4 is 11.6 Å². The molecule has 0 bridgehead atoms. The Labute approximate surface area is 118 Å². The first-order chi connectivity index (χ1) is 9.72. The van der Waals surface area contributed by atoms with Gasteiger partial charge in [0.15, 0.2) is 5.65 Å². The molecule has 0 unspecified atom stereocenters. The molecule has 2 aromatic heterocycles. The van der Waals surface area contributed by atoms with Crippen molar-refractivity contribution in [2.24, 2.45) is 5.73 Å². The first-order valence-corrected chi connectivity index (χ1v) is 7.04. The lowest BCUT2D eigenvalue weighted by Crippen LogP contribution is -2.41. The van der Waals surface area contributed by atoms with Gasteiger partial charge in [-0.3, -0.25) is 9.20 Å². The topological polar surface area (TPSA) is 85.3 Å². The van der Waals surface area contributed by atoms with Crippen LogP contribution in [0, 0.1) is 0 Å². The van der Waals surface area contributed by atoms with E-state index in [0.29, 0.717) is 13.0 Å². The minimum absolute atomic E-state index is 0.0905. The zero-order chi connectivity index (χ0) is 14.4. The van der Waals surface area contributed by atoms with Gasteiger partial charge in [-0.1, -0.05) is 25.8 Å². The predicted molar refractivity (Wildman–Crippen MR) is 77.2 cm³/mol. The van der Waals surface area contributed by atoms with E-state index in [1.54, 1.807) is 0 Å². The van der Waals surface area contributed by atoms with E-state index >= 15 is 0 Å². The number of nitrogens with zero attached hydrogens (tertiary/aromatic N) is 3. The minimum Gasteiger partial charge on any atom is -0.354 e. The number of aromatic nitrogens is 3. The minimum atomic E-state index is -0.412. The Morgan fingerprint density at radius 1 is 1.45 bits per heavy atom. The van der Waals surface area contributed by atoms with Gasteiger partial charge in [0.1, 0.15) is 5.82 Å². The largest absolute Gasteiger partial charge is 0.354 e. The average Bonchev–Trinajstić information content (AvgIpc) is 2.88. The third-order valence-electron chi connectivity index (χ3n) is 3.24. The van der Waals surface area contributed by atoms with Crippen LogP contribution in [0.5, 0.6) is 0 Å². The van der Waals surface area contributed by atoms with Gasteiger partial charge in [-0.2, -0.15) is 0 Å². The molecule has 0 aliphatic carbocycles. The lowest BCUT2D eigenvalue weighted by molar-refractivity contribution is -0.122. The summed E-state index contributed by atoms with van der Waals surface area (Å²) in [5, 5.41) is 11.0. The maximum absolute atomic E-state index is 11.8. The fourth-order valence-corrected chi connectivity index (χ4v) is 2.05. The van der Waals surface area contributed by atoms with Crippen molar-refractivity contribution in [3.05, 3.63) is 30.2 Å². The van der Waals surface area contributed by atoms with E-state index in [0.717, 1.165) is 30.7 Å². The number of hydrogen-bond acceptors (Lipinski definition) is 4. The average molecular weight is 275 g/mol. The monoisotopic (exact) mass is 275 g/mol. The highest BCUT2D eigenvalue weighted by Gasteiger charge is 2.12. The van der Waals surface area contributed by atoms with Gasteiger partial charge in [-0.15, -0.1) is 10.2 Å². The van der Waals surface area contributed by atoms with Gasteiger partial charge in [0, 0.05) is 19.2 Å². The fourth-order valence-electron chi connectivity index (χ4n) is 2.05. The first-order valence-electron chi connectivity index (χ1n) is 7.04. The lowest BCUT2D eigenvalue weighted by atomic mass is 10.1. The van der Waals surface area contributed by atoms with Crippen molar-refractivity contribution in [2.75, 3.05) is 6.54 Å². The van der Waals surface area contributed by atoms with Crippen LogP contribution in [0.2, 0.25) is 0 Å². The van der Waals surface area contributed by atoms with E-state index in [2.05, 4.69) is 22.4 Å². The van der Waals surface area contributed by atoms with E-state index < -0.39 is 6.04 Å². The molecule has 1 atom stereocenters. The number of nitrogens with two attached hydrogens (primary N) is 1. The molecule has 0 saturated carbocycles. The van der Waals surface area contributed by atoms with Crippen molar-refractivity contribution in [1.82, 2.24) is 19.9 Å². The maximum Gasteiger partial charge on any atom is 0.236 e. The number of pyridine rings is 1. The molecule has 1 amide bonds. The highest BCUT2D eigenvalue weighted by Crippen LogP contribution is 2.03. The Bertz CT molecular complexity index is 565. The molecule has 0 saturated heterocycles. The van der Waals surface area contributed by atoms with Crippen LogP contribution in [0.3, 0.4) is 0 Å². The highest BCUT2D eigenvalue weighted by atomic mass is 16.2. The van der Waals surface area contributed by atoms with Gasteiger partial charge in [-0.25, -0.2) is 0 Å². The molecule has 3 N–H and O–H groups in total. The zero-order valence-electron chi connectivity index (χ0n) is 11.7. The molecular weight excluding hydrogens is 254 g/mol. The third-order valence-corrected chi connectivity index (χ3v) is 3.24. The first kappa shape index (κ1) is 14.5. The van der Waals surface area contributed by atoms with Crippen molar-refractivity contribution < 1.29 is 4.79 Å². The molecule has 0 aliphatic heterocycles. The van der Waals surface area contributed by atoms with Gasteiger partial charge < -0.3 is 11.1 Å². The summed E-state index contributed by atoms with van der Waals surface area (Å²) < 4.78 is 1.92. The molecule has 2 aromatic rings. The molecule has 6 heteroatoms. The second kappa shape index (κ2) is 7.00. The molecule has 0 spiro atoms. The number of nitrogens with one attached hydrogen (secondary N) is 1. The van der Waals surface area contributed by atoms with Crippen LogP contribution < -0.4 is 11.1 Å². The molecule has 2 heterocycles. The van der Waals surface area contributed by atoms with Crippen LogP contribution in [0.1, 0.15) is 32.0 Å². The smallest absolute Gasteiger partial charge is 0.236 e. The van der Waals surface area contributed by atoms with Crippen LogP contribution in [-0.2, 0) is 11.2 Å². The molecule has 6 nitrogen and oxygen atoms in total. The third kappa shape index (κ3) is 3.54. The number of unbranched alkanes of at least 4 members (excludes halogenated alkanes) is 1. The number of rotatable bonds is 7. The summed E-state index contributed by atoms with van der Waals surface area (Å²) in [5.41, 5.74) is 6.62. The number of fused-ring (bicyclic) bond motifs is 1. The Kier molecular flexibility index (Phi) is 5.06. The molecule has 0 aromatic carbocycles. The van der Waals surface area contributed by atoms with Gasteiger partial charge in [0.2, 0.25) is 5.91 Å². The Balaban J connectivity index is 1.82. The lowest BCUT2D eigenvalue weighted by Gasteiger charge is -2.11. The normalized spacial score (nSPS) is 12.5. The second-order valence-electron chi connectivity index (χ2n) is 4.83. The van der Waals surface area contributed by atoms with Crippen LogP contribution in [0.4, 0.5) is 0 Å². The summed E-state index contributed by atoms with van der Waals surface area (Å²) in [6.07, 6.45) is 5.31. The molecule has 0 radical (unpaired) electrons. The van der Waals surface area contributed by atoms with Gasteiger partial charge in [0.25, 0.3) is 0 Å². The summed E-state index contributed by atoms with van der Waals surface area (Å²) in [6, 6.07) is 5.34. The molecule has 0 fully saturated rings. The number of carbonyl (C=O) groups is 1. The molecule has 2 rings (SSSR count). The maximum atomic E-state index is 11.8. The molecule has 0 aliphatic rings.